The number of hydrogen-bond acceptors (Lipinski definition) is 31. The number of carbonyl (C=O) groups is 8. The van der Waals surface area contributed by atoms with Crippen LogP contribution in [0.5, 0.6) is 23.0 Å². The summed E-state index contributed by atoms with van der Waals surface area (Å²) in [4.78, 5) is 139. The number of carbonyl (C=O) groups excluding carboxylic acids is 6. The number of aromatic carboxylic acids is 1. The average Bonchev–Trinajstić information content (AvgIpc) is 1.05. The summed E-state index contributed by atoms with van der Waals surface area (Å²) in [5.41, 5.74) is 19.0. The topological polar surface area (TPSA) is 406 Å². The number of rotatable bonds is 23. The maximum absolute atomic E-state index is 13.4. The first kappa shape index (κ1) is 105. The third kappa shape index (κ3) is 21.2. The number of esters is 3. The number of fused-ring (bicyclic) bond motifs is 4. The van der Waals surface area contributed by atoms with Crippen LogP contribution in [0.25, 0.3) is 129 Å². The van der Waals surface area contributed by atoms with Crippen molar-refractivity contribution in [1.29, 1.82) is 0 Å². The second kappa shape index (κ2) is 42.3. The molecule has 0 unspecified atom stereocenters. The lowest BCUT2D eigenvalue weighted by molar-refractivity contribution is -0.167. The molecule has 4 aliphatic rings. The number of Topliss-reactive ketones (excluding diaryl/α,β-unsaturated/α-hetero) is 1. The number of hydrogen-bond donors (Lipinski definition) is 4. The number of benzene rings is 8. The van der Waals surface area contributed by atoms with Crippen molar-refractivity contribution in [2.75, 3.05) is 60.3 Å². The molecule has 148 heavy (non-hydrogen) atoms. The van der Waals surface area contributed by atoms with Gasteiger partial charge in [0.15, 0.2) is 45.2 Å². The summed E-state index contributed by atoms with van der Waals surface area (Å²) < 4.78 is 68.3. The zero-order chi connectivity index (χ0) is 106. The second-order valence-electron chi connectivity index (χ2n) is 40.1. The van der Waals surface area contributed by atoms with Crippen molar-refractivity contribution in [3.63, 3.8) is 0 Å². The molecule has 8 aromatic heterocycles. The number of nitrogens with one attached hydrogen (secondary N) is 2. The number of aryl methyl sites for hydroxylation is 4. The predicted octanol–water partition coefficient (Wildman–Crippen LogP) is 22.8. The van der Waals surface area contributed by atoms with Gasteiger partial charge in [-0.3, -0.25) is 34.3 Å². The van der Waals surface area contributed by atoms with E-state index >= 15 is 0 Å². The van der Waals surface area contributed by atoms with E-state index in [4.69, 9.17) is 72.0 Å². The minimum atomic E-state index is -1.24. The van der Waals surface area contributed by atoms with Crippen molar-refractivity contribution >= 4 is 177 Å². The number of thiazole rings is 4. The lowest BCUT2D eigenvalue weighted by Crippen LogP contribution is -2.29. The van der Waals surface area contributed by atoms with Crippen LogP contribution in [0.1, 0.15) is 241 Å². The molecule has 0 saturated carbocycles. The van der Waals surface area contributed by atoms with Crippen LogP contribution in [0.15, 0.2) is 122 Å². The third-order valence-electron chi connectivity index (χ3n) is 25.1. The Morgan fingerprint density at radius 3 is 0.845 bits per heavy atom. The van der Waals surface area contributed by atoms with E-state index in [1.54, 1.807) is 59.5 Å². The largest absolute Gasteiger partial charge is 0.493 e. The molecule has 0 fully saturated rings. The molecule has 0 radical (unpaired) electrons. The zero-order valence-corrected chi connectivity index (χ0v) is 89.8. The molecule has 0 spiro atoms. The van der Waals surface area contributed by atoms with Crippen LogP contribution in [0, 0.1) is 27.7 Å². The molecule has 768 valence electrons. The van der Waals surface area contributed by atoms with Crippen LogP contribution in [0.4, 0.5) is 0 Å². The van der Waals surface area contributed by atoms with Gasteiger partial charge in [0.2, 0.25) is 5.01 Å². The van der Waals surface area contributed by atoms with Gasteiger partial charge in [-0.15, -0.1) is 45.3 Å². The molecule has 20 rings (SSSR count). The number of nitrogens with zero attached hydrogens (tertiary/aromatic N) is 8. The maximum atomic E-state index is 13.4. The Morgan fingerprint density at radius 1 is 0.358 bits per heavy atom. The highest BCUT2D eigenvalue weighted by Gasteiger charge is 2.42. The molecule has 0 bridgehead atoms. The normalized spacial score (nSPS) is 14.0. The summed E-state index contributed by atoms with van der Waals surface area (Å²) in [6, 6.07) is 30.9. The highest BCUT2D eigenvalue weighted by atomic mass is 32.1. The number of ether oxygens (including phenoxy) is 11. The van der Waals surface area contributed by atoms with Gasteiger partial charge in [-0.25, -0.2) is 43.9 Å². The fourth-order valence-corrected chi connectivity index (χ4v) is 23.4. The molecule has 8 aromatic carbocycles. The first-order chi connectivity index (χ1) is 70.4. The zero-order valence-electron chi connectivity index (χ0n) is 86.5. The molecule has 4 aliphatic heterocycles. The molecule has 35 heteroatoms. The van der Waals surface area contributed by atoms with Crippen molar-refractivity contribution < 1.29 is 101 Å². The summed E-state index contributed by atoms with van der Waals surface area (Å²) >= 11 is 4.90. The van der Waals surface area contributed by atoms with Gasteiger partial charge in [0.25, 0.3) is 11.8 Å². The van der Waals surface area contributed by atoms with Gasteiger partial charge in [0.1, 0.15) is 23.0 Å². The van der Waals surface area contributed by atoms with E-state index in [-0.39, 0.29) is 42.4 Å². The summed E-state index contributed by atoms with van der Waals surface area (Å²) in [7, 11) is 3.13. The van der Waals surface area contributed by atoms with Gasteiger partial charge < -0.3 is 73.0 Å². The van der Waals surface area contributed by atoms with Gasteiger partial charge in [-0.05, 0) is 273 Å². The van der Waals surface area contributed by atoms with Crippen LogP contribution in [-0.2, 0) is 78.0 Å². The molecular formula is C113H116N10O21S4. The fraction of sp³-hybridized carbons (Fsp3) is 0.363. The first-order valence-electron chi connectivity index (χ1n) is 48.9. The van der Waals surface area contributed by atoms with Crippen LogP contribution in [-0.4, -0.2) is 180 Å². The molecule has 31 nitrogen and oxygen atoms in total. The Kier molecular flexibility index (Phi) is 30.1. The number of amides is 2. The molecule has 12 heterocycles. The summed E-state index contributed by atoms with van der Waals surface area (Å²) in [6.45, 7) is 40.0. The van der Waals surface area contributed by atoms with E-state index in [1.807, 2.05) is 208 Å². The second-order valence-corrected chi connectivity index (χ2v) is 44.1. The summed E-state index contributed by atoms with van der Waals surface area (Å²) in [5.74, 6) is -1.24. The van der Waals surface area contributed by atoms with Crippen LogP contribution in [0.2, 0.25) is 0 Å². The standard InChI is InChI=1S/C29H31N3O5S.C29H30N2O5S.C28H28N2O6S.C27H27N3O5S/c1-7-35-28(34)24(37-29(3,4)5)20-15(2)14-18-25(38-27(32-18)26(33)30-6)22(20)17-8-9-19-21-16(11-13-36-19)10-12-31-23(17)21;1-7-34-28(33)25(36-29(4,5)6)21-15(2)14-19-26(37-27(31-19)16(3)32)23(21)18-8-9-20-22-17(11-13-35-20)10-12-30-24(18)22;1-6-34-27(33)23(36-28(3,4)5)19-14(2)13-17-24(37-25(30-17)26(31)32)21(19)16-7-8-18-20-15(10-12-35-18)9-11-29-22(16)20;1-13-12-16-23(36-25(30-16)24(31)28-5)20(18(13)22(26(32)33)35-27(2,3)4)15-6-7-17-19-14(9-11-34-17)8-10-29-21(15)19/h8-10,12,14,24H,7,11,13H2,1-6H3,(H,30,33);8-10,12,14,25H,7,11,13H2,1-6H3;7-9,11,13,23H,6,10,12H2,1-5H3,(H,31,32);6-8,10,12,22H,9,11H2,1-5H3,(H,28,31)(H,32,33)/t24-;25-;23-;22-/m0000/s1. The van der Waals surface area contributed by atoms with Gasteiger partial charge in [-0.1, -0.05) is 0 Å². The van der Waals surface area contributed by atoms with E-state index < -0.39 is 76.7 Å². The smallest absolute Gasteiger partial charge is 0.365 e. The van der Waals surface area contributed by atoms with Gasteiger partial charge in [0.05, 0.1) is 132 Å². The van der Waals surface area contributed by atoms with E-state index in [1.165, 1.54) is 46.5 Å². The van der Waals surface area contributed by atoms with Crippen LogP contribution in [0.3, 0.4) is 0 Å². The molecule has 4 atom stereocenters. The Labute approximate surface area is 870 Å². The van der Waals surface area contributed by atoms with Crippen LogP contribution < -0.4 is 29.6 Å². The van der Waals surface area contributed by atoms with Crippen molar-refractivity contribution in [1.82, 2.24) is 50.5 Å². The number of pyridine rings is 4. The summed E-state index contributed by atoms with van der Waals surface area (Å²) in [6.07, 6.45) is 5.99. The highest BCUT2D eigenvalue weighted by molar-refractivity contribution is 7.22. The molecular weight excluding hydrogens is 1960 g/mol. The van der Waals surface area contributed by atoms with Gasteiger partial charge >= 0.3 is 29.8 Å². The number of aliphatic carboxylic acids is 1. The molecule has 4 N–H and O–H groups in total. The van der Waals surface area contributed by atoms with Crippen molar-refractivity contribution in [2.24, 2.45) is 0 Å². The first-order valence-corrected chi connectivity index (χ1v) is 52.2. The van der Waals surface area contributed by atoms with E-state index in [2.05, 4.69) is 30.6 Å². The van der Waals surface area contributed by atoms with E-state index in [0.717, 1.165) is 169 Å². The Morgan fingerprint density at radius 2 is 0.601 bits per heavy atom. The fourth-order valence-electron chi connectivity index (χ4n) is 19.3. The van der Waals surface area contributed by atoms with E-state index in [0.29, 0.717) is 123 Å². The lowest BCUT2D eigenvalue weighted by atomic mass is 9.89. The number of ketones is 1. The molecule has 16 aromatic rings. The summed E-state index contributed by atoms with van der Waals surface area (Å²) in [5, 5.41) is 30.1. The van der Waals surface area contributed by atoms with Crippen molar-refractivity contribution in [3.8, 4) is 67.5 Å². The third-order valence-corrected chi connectivity index (χ3v) is 29.5. The maximum Gasteiger partial charge on any atom is 0.365 e. The quantitative estimate of drug-likeness (QED) is 0.0262. The lowest BCUT2D eigenvalue weighted by Gasteiger charge is -2.29. The molecule has 0 aliphatic carbocycles. The number of carboxylic acids is 2. The number of carboxylic acid groups (broad SMARTS) is 2. The Balaban J connectivity index is 0.000000135. The van der Waals surface area contributed by atoms with Crippen molar-refractivity contribution in [3.05, 3.63) is 209 Å². The Bertz CT molecular complexity index is 7800. The van der Waals surface area contributed by atoms with Gasteiger partial charge in [0, 0.05) is 160 Å². The predicted molar refractivity (Wildman–Crippen MR) is 573 cm³/mol. The minimum Gasteiger partial charge on any atom is -0.493 e. The van der Waals surface area contributed by atoms with E-state index in [9.17, 15) is 48.6 Å². The SMILES string of the molecule is CCOC(=O)[C@@H](OC(C)(C)C)c1c(C)cc2nc(C(=O)NC)sc2c1-c1ccc2c3c(ccnc13)CCO2.CCOC(=O)[C@@H](OC(C)(C)C)c1c(C)cc2nc(C(=O)O)sc2c1-c1ccc2c3c(ccnc13)CCO2.CCOC(=O)[C@@H](OC(C)(C)C)c1c(C)cc2nc(C(C)=O)sc2c1-c1ccc2c3c(ccnc13)CCO2.CNC(=O)c1nc2cc(C)c([C@H](OC(C)(C)C)C(=O)O)c(-c3ccc4c5c(ccnc35)CCO4)c2s1. The molecule has 2 amide bonds. The minimum absolute atomic E-state index is 0.0313. The monoisotopic (exact) mass is 2080 g/mol. The van der Waals surface area contributed by atoms with Crippen molar-refractivity contribution in [2.45, 2.75) is 211 Å². The van der Waals surface area contributed by atoms with Gasteiger partial charge in [-0.2, -0.15) is 0 Å². The number of aromatic nitrogens is 8. The molecule has 0 saturated heterocycles. The highest BCUT2D eigenvalue weighted by Crippen LogP contribution is 2.54. The average molecular weight is 2080 g/mol. The van der Waals surface area contributed by atoms with Crippen LogP contribution >= 0.6 is 45.3 Å². The Hall–Kier alpha value is -14.0.